The third-order valence-corrected chi connectivity index (χ3v) is 6.16. The van der Waals surface area contributed by atoms with E-state index in [0.29, 0.717) is 18.7 Å². The lowest BCUT2D eigenvalue weighted by Gasteiger charge is -2.26. The summed E-state index contributed by atoms with van der Waals surface area (Å²) in [7, 11) is 3.95. The van der Waals surface area contributed by atoms with Gasteiger partial charge < -0.3 is 19.6 Å². The number of likely N-dealkylation sites (tertiary alicyclic amines) is 1. The molecule has 0 saturated carbocycles. The molecule has 1 atom stereocenters. The smallest absolute Gasteiger partial charge is 0.295 e. The van der Waals surface area contributed by atoms with Crippen LogP contribution in [0.3, 0.4) is 0 Å². The van der Waals surface area contributed by atoms with E-state index in [2.05, 4.69) is 6.92 Å². The van der Waals surface area contributed by atoms with Crippen molar-refractivity contribution in [1.82, 2.24) is 9.80 Å². The van der Waals surface area contributed by atoms with Crippen LogP contribution in [0.2, 0.25) is 0 Å². The van der Waals surface area contributed by atoms with Crippen LogP contribution in [0.1, 0.15) is 54.5 Å². The Labute approximate surface area is 202 Å². The first-order chi connectivity index (χ1) is 16.2. The van der Waals surface area contributed by atoms with Crippen molar-refractivity contribution in [3.8, 4) is 5.75 Å². The maximum atomic E-state index is 13.2. The molecule has 0 radical (unpaired) electrons. The van der Waals surface area contributed by atoms with Crippen molar-refractivity contribution < 1.29 is 19.4 Å². The van der Waals surface area contributed by atoms with E-state index >= 15 is 0 Å². The maximum absolute atomic E-state index is 13.2. The van der Waals surface area contributed by atoms with Crippen LogP contribution in [0.15, 0.2) is 48.0 Å². The van der Waals surface area contributed by atoms with Gasteiger partial charge in [0, 0.05) is 12.1 Å². The van der Waals surface area contributed by atoms with Gasteiger partial charge >= 0.3 is 0 Å². The minimum atomic E-state index is -0.643. The lowest BCUT2D eigenvalue weighted by molar-refractivity contribution is -0.139. The molecule has 0 unspecified atom stereocenters. The molecule has 2 aromatic carbocycles. The highest BCUT2D eigenvalue weighted by molar-refractivity contribution is 6.46. The minimum Gasteiger partial charge on any atom is -0.507 e. The Hall–Kier alpha value is -3.12. The van der Waals surface area contributed by atoms with E-state index in [1.54, 1.807) is 17.0 Å². The lowest BCUT2D eigenvalue weighted by atomic mass is 9.93. The molecular formula is C28H36N2O4. The number of carbonyl (C=O) groups is 2. The number of hydrogen-bond acceptors (Lipinski definition) is 5. The highest BCUT2D eigenvalue weighted by atomic mass is 16.5. The number of ketones is 1. The molecule has 1 aliphatic rings. The molecule has 6 nitrogen and oxygen atoms in total. The zero-order valence-electron chi connectivity index (χ0n) is 20.9. The van der Waals surface area contributed by atoms with Gasteiger partial charge in [-0.15, -0.1) is 0 Å². The second kappa shape index (κ2) is 11.3. The molecule has 0 aliphatic carbocycles. The number of rotatable bonds is 10. The molecule has 3 rings (SSSR count). The molecule has 1 amide bonds. The third-order valence-electron chi connectivity index (χ3n) is 6.16. The van der Waals surface area contributed by atoms with Gasteiger partial charge in [0.25, 0.3) is 11.7 Å². The number of carbonyl (C=O) groups excluding carboxylic acids is 2. The summed E-state index contributed by atoms with van der Waals surface area (Å²) in [5.74, 6) is -0.628. The molecule has 1 aliphatic heterocycles. The van der Waals surface area contributed by atoms with Crippen LogP contribution in [-0.2, 0) is 9.59 Å². The standard InChI is InChI=1S/C28H36N2O4/c1-6-7-17-34-22-13-14-23(20(3)18-22)26(31)24-25(21-11-9-19(2)10-12-21)30(28(33)27(24)32)16-8-15-29(4)5/h9-14,18,25,31H,6-8,15-17H2,1-5H3/t25-/m1/s1. The number of hydrogen-bond donors (Lipinski definition) is 1. The summed E-state index contributed by atoms with van der Waals surface area (Å²) < 4.78 is 5.78. The molecule has 0 aromatic heterocycles. The van der Waals surface area contributed by atoms with Crippen molar-refractivity contribution in [2.45, 2.75) is 46.1 Å². The van der Waals surface area contributed by atoms with Gasteiger partial charge in [-0.1, -0.05) is 43.2 Å². The van der Waals surface area contributed by atoms with Crippen LogP contribution < -0.4 is 4.74 Å². The molecular weight excluding hydrogens is 428 g/mol. The van der Waals surface area contributed by atoms with Gasteiger partial charge in [-0.3, -0.25) is 9.59 Å². The molecule has 1 saturated heterocycles. The van der Waals surface area contributed by atoms with Crippen molar-refractivity contribution in [2.24, 2.45) is 0 Å². The first kappa shape index (κ1) is 25.5. The fourth-order valence-electron chi connectivity index (χ4n) is 4.23. The quantitative estimate of drug-likeness (QED) is 0.235. The molecule has 0 spiro atoms. The predicted molar refractivity (Wildman–Crippen MR) is 135 cm³/mol. The number of aliphatic hydroxyl groups excluding tert-OH is 1. The highest BCUT2D eigenvalue weighted by Gasteiger charge is 2.45. The Morgan fingerprint density at radius 2 is 1.76 bits per heavy atom. The van der Waals surface area contributed by atoms with Crippen LogP contribution in [0.25, 0.3) is 5.76 Å². The van der Waals surface area contributed by atoms with Gasteiger partial charge in [-0.25, -0.2) is 0 Å². The number of amides is 1. The molecule has 0 bridgehead atoms. The monoisotopic (exact) mass is 464 g/mol. The zero-order valence-corrected chi connectivity index (χ0v) is 20.9. The number of ether oxygens (including phenoxy) is 1. The Bertz CT molecular complexity index is 1060. The van der Waals surface area contributed by atoms with Gasteiger partial charge in [0.1, 0.15) is 11.5 Å². The highest BCUT2D eigenvalue weighted by Crippen LogP contribution is 2.40. The fraction of sp³-hybridized carbons (Fsp3) is 0.429. The summed E-state index contributed by atoms with van der Waals surface area (Å²) in [5, 5.41) is 11.3. The van der Waals surface area contributed by atoms with Gasteiger partial charge in [0.2, 0.25) is 0 Å². The van der Waals surface area contributed by atoms with Gasteiger partial charge in [-0.2, -0.15) is 0 Å². The van der Waals surface area contributed by atoms with E-state index in [9.17, 15) is 14.7 Å². The first-order valence-electron chi connectivity index (χ1n) is 12.0. The number of aryl methyl sites for hydroxylation is 2. The molecule has 1 heterocycles. The van der Waals surface area contributed by atoms with E-state index in [1.807, 2.05) is 63.2 Å². The van der Waals surface area contributed by atoms with Crippen molar-refractivity contribution in [1.29, 1.82) is 0 Å². The molecule has 1 N–H and O–H groups in total. The normalized spacial score (nSPS) is 17.6. The second-order valence-corrected chi connectivity index (χ2v) is 9.24. The Morgan fingerprint density at radius 3 is 2.38 bits per heavy atom. The summed E-state index contributed by atoms with van der Waals surface area (Å²) >= 11 is 0. The minimum absolute atomic E-state index is 0.140. The largest absolute Gasteiger partial charge is 0.507 e. The summed E-state index contributed by atoms with van der Waals surface area (Å²) in [6, 6.07) is 12.6. The Kier molecular flexibility index (Phi) is 8.51. The van der Waals surface area contributed by atoms with E-state index in [1.165, 1.54) is 0 Å². The van der Waals surface area contributed by atoms with Crippen molar-refractivity contribution in [3.63, 3.8) is 0 Å². The van der Waals surface area contributed by atoms with Crippen LogP contribution in [-0.4, -0.2) is 60.4 Å². The molecule has 34 heavy (non-hydrogen) atoms. The Balaban J connectivity index is 2.02. The van der Waals surface area contributed by atoms with Crippen LogP contribution in [0.5, 0.6) is 5.75 Å². The van der Waals surface area contributed by atoms with E-state index in [-0.39, 0.29) is 11.3 Å². The average molecular weight is 465 g/mol. The second-order valence-electron chi connectivity index (χ2n) is 9.24. The first-order valence-corrected chi connectivity index (χ1v) is 12.0. The lowest BCUT2D eigenvalue weighted by Crippen LogP contribution is -2.32. The van der Waals surface area contributed by atoms with Crippen molar-refractivity contribution in [2.75, 3.05) is 33.8 Å². The zero-order chi connectivity index (χ0) is 24.8. The number of aliphatic hydroxyl groups is 1. The average Bonchev–Trinajstić information content (AvgIpc) is 3.04. The van der Waals surface area contributed by atoms with E-state index in [0.717, 1.165) is 48.2 Å². The van der Waals surface area contributed by atoms with Crippen molar-refractivity contribution in [3.05, 3.63) is 70.3 Å². The van der Waals surface area contributed by atoms with Crippen molar-refractivity contribution >= 4 is 17.4 Å². The van der Waals surface area contributed by atoms with Gasteiger partial charge in [0.15, 0.2) is 0 Å². The summed E-state index contributed by atoms with van der Waals surface area (Å²) in [5.41, 5.74) is 3.36. The van der Waals surface area contributed by atoms with Gasteiger partial charge in [-0.05, 0) is 76.7 Å². The number of nitrogens with zero attached hydrogens (tertiary/aromatic N) is 2. The predicted octanol–water partition coefficient (Wildman–Crippen LogP) is 4.86. The summed E-state index contributed by atoms with van der Waals surface area (Å²) in [6.45, 7) is 7.83. The maximum Gasteiger partial charge on any atom is 0.295 e. The topological polar surface area (TPSA) is 70.1 Å². The molecule has 2 aromatic rings. The molecule has 6 heteroatoms. The number of unbranched alkanes of at least 4 members (excludes halogenated alkanes) is 1. The summed E-state index contributed by atoms with van der Waals surface area (Å²) in [6.07, 6.45) is 2.74. The van der Waals surface area contributed by atoms with E-state index < -0.39 is 17.7 Å². The summed E-state index contributed by atoms with van der Waals surface area (Å²) in [4.78, 5) is 29.9. The number of Topliss-reactive ketones (excluding diaryl/α,β-unsaturated/α-hetero) is 1. The van der Waals surface area contributed by atoms with Gasteiger partial charge in [0.05, 0.1) is 18.2 Å². The Morgan fingerprint density at radius 1 is 1.06 bits per heavy atom. The number of benzene rings is 2. The van der Waals surface area contributed by atoms with Crippen LogP contribution in [0.4, 0.5) is 0 Å². The third kappa shape index (κ3) is 5.68. The van der Waals surface area contributed by atoms with Crippen LogP contribution >= 0.6 is 0 Å². The van der Waals surface area contributed by atoms with E-state index in [4.69, 9.17) is 4.74 Å². The van der Waals surface area contributed by atoms with Crippen LogP contribution in [0, 0.1) is 13.8 Å². The SMILES string of the molecule is CCCCOc1ccc(C(O)=C2C(=O)C(=O)N(CCCN(C)C)[C@@H]2c2ccc(C)cc2)c(C)c1. The molecule has 1 fully saturated rings. The fourth-order valence-corrected chi connectivity index (χ4v) is 4.23. The molecule has 182 valence electrons.